The Morgan fingerprint density at radius 2 is 2.33 bits per heavy atom. The molecular formula is C12H14BrNO4. The number of ether oxygens (including phenoxy) is 2. The van der Waals surface area contributed by atoms with Crippen molar-refractivity contribution in [2.24, 2.45) is 5.73 Å². The Morgan fingerprint density at radius 3 is 3.00 bits per heavy atom. The van der Waals surface area contributed by atoms with Crippen LogP contribution in [-0.2, 0) is 4.79 Å². The molecule has 0 aromatic heterocycles. The molecule has 18 heavy (non-hydrogen) atoms. The second-order valence-electron chi connectivity index (χ2n) is 4.17. The van der Waals surface area contributed by atoms with Crippen LogP contribution in [0.4, 0.5) is 0 Å². The SMILES string of the molecule is Cc1c(Br)cc2c(c1C(N)CCC(=O)O)OCO2. The largest absolute Gasteiger partial charge is 0.481 e. The minimum Gasteiger partial charge on any atom is -0.481 e. The zero-order chi connectivity index (χ0) is 13.3. The fourth-order valence-electron chi connectivity index (χ4n) is 2.00. The predicted octanol–water partition coefficient (Wildman–Crippen LogP) is 2.35. The van der Waals surface area contributed by atoms with Crippen molar-refractivity contribution < 1.29 is 19.4 Å². The molecule has 1 heterocycles. The monoisotopic (exact) mass is 315 g/mol. The van der Waals surface area contributed by atoms with Crippen LogP contribution in [-0.4, -0.2) is 17.9 Å². The van der Waals surface area contributed by atoms with Gasteiger partial charge >= 0.3 is 5.97 Å². The molecular weight excluding hydrogens is 302 g/mol. The first-order valence-electron chi connectivity index (χ1n) is 5.56. The van der Waals surface area contributed by atoms with Crippen LogP contribution in [0.3, 0.4) is 0 Å². The number of carboxylic acids is 1. The van der Waals surface area contributed by atoms with Gasteiger partial charge in [-0.3, -0.25) is 4.79 Å². The molecule has 0 saturated heterocycles. The molecule has 98 valence electrons. The number of carbonyl (C=O) groups is 1. The van der Waals surface area contributed by atoms with E-state index in [1.165, 1.54) is 0 Å². The average molecular weight is 316 g/mol. The van der Waals surface area contributed by atoms with E-state index < -0.39 is 5.97 Å². The highest BCUT2D eigenvalue weighted by Crippen LogP contribution is 2.44. The highest BCUT2D eigenvalue weighted by atomic mass is 79.9. The van der Waals surface area contributed by atoms with Gasteiger partial charge in [0.15, 0.2) is 11.5 Å². The van der Waals surface area contributed by atoms with E-state index in [-0.39, 0.29) is 19.3 Å². The third-order valence-electron chi connectivity index (χ3n) is 2.95. The van der Waals surface area contributed by atoms with Crippen molar-refractivity contribution in [3.05, 3.63) is 21.7 Å². The van der Waals surface area contributed by atoms with E-state index >= 15 is 0 Å². The molecule has 0 spiro atoms. The third-order valence-corrected chi connectivity index (χ3v) is 3.77. The quantitative estimate of drug-likeness (QED) is 0.891. The maximum absolute atomic E-state index is 10.6. The molecule has 1 aliphatic rings. The van der Waals surface area contributed by atoms with Gasteiger partial charge < -0.3 is 20.3 Å². The zero-order valence-electron chi connectivity index (χ0n) is 9.90. The number of aliphatic carboxylic acids is 1. The number of rotatable bonds is 4. The summed E-state index contributed by atoms with van der Waals surface area (Å²) in [5.74, 6) is 0.425. The summed E-state index contributed by atoms with van der Waals surface area (Å²) in [5, 5.41) is 8.71. The normalized spacial score (nSPS) is 14.6. The molecule has 1 unspecified atom stereocenters. The van der Waals surface area contributed by atoms with Gasteiger partial charge in [0.2, 0.25) is 6.79 Å². The molecule has 3 N–H and O–H groups in total. The minimum absolute atomic E-state index is 0.0305. The Kier molecular flexibility index (Phi) is 3.77. The lowest BCUT2D eigenvalue weighted by molar-refractivity contribution is -0.137. The molecule has 0 bridgehead atoms. The summed E-state index contributed by atoms with van der Waals surface area (Å²) < 4.78 is 11.6. The second kappa shape index (κ2) is 5.16. The van der Waals surface area contributed by atoms with Crippen LogP contribution in [0.1, 0.15) is 30.0 Å². The maximum atomic E-state index is 10.6. The molecule has 1 aromatic rings. The Labute approximate surface area is 113 Å². The molecule has 0 fully saturated rings. The lowest BCUT2D eigenvalue weighted by Gasteiger charge is -2.17. The summed E-state index contributed by atoms with van der Waals surface area (Å²) in [4.78, 5) is 10.6. The molecule has 0 saturated carbocycles. The average Bonchev–Trinajstić information content (AvgIpc) is 2.74. The van der Waals surface area contributed by atoms with E-state index in [1.54, 1.807) is 0 Å². The van der Waals surface area contributed by atoms with Gasteiger partial charge in [-0.1, -0.05) is 15.9 Å². The molecule has 2 rings (SSSR count). The Morgan fingerprint density at radius 1 is 1.61 bits per heavy atom. The Balaban J connectivity index is 2.34. The maximum Gasteiger partial charge on any atom is 0.303 e. The van der Waals surface area contributed by atoms with Crippen molar-refractivity contribution in [3.63, 3.8) is 0 Å². The van der Waals surface area contributed by atoms with Crippen molar-refractivity contribution in [2.45, 2.75) is 25.8 Å². The van der Waals surface area contributed by atoms with Crippen LogP contribution in [0.25, 0.3) is 0 Å². The number of hydrogen-bond acceptors (Lipinski definition) is 4. The summed E-state index contributed by atoms with van der Waals surface area (Å²) >= 11 is 3.44. The summed E-state index contributed by atoms with van der Waals surface area (Å²) in [6.45, 7) is 2.09. The number of benzene rings is 1. The van der Waals surface area contributed by atoms with Gasteiger partial charge in [-0.15, -0.1) is 0 Å². The standard InChI is InChI=1S/C12H14BrNO4/c1-6-7(13)4-9-12(18-5-17-9)11(6)8(14)2-3-10(15)16/h4,8H,2-3,5,14H2,1H3,(H,15,16). The fourth-order valence-corrected chi connectivity index (χ4v) is 2.42. The van der Waals surface area contributed by atoms with E-state index in [1.807, 2.05) is 13.0 Å². The molecule has 0 aliphatic carbocycles. The minimum atomic E-state index is -0.855. The van der Waals surface area contributed by atoms with Gasteiger partial charge in [-0.2, -0.15) is 0 Å². The smallest absolute Gasteiger partial charge is 0.303 e. The van der Waals surface area contributed by atoms with Crippen molar-refractivity contribution in [1.82, 2.24) is 0 Å². The molecule has 1 atom stereocenters. The molecule has 5 nitrogen and oxygen atoms in total. The van der Waals surface area contributed by atoms with Crippen LogP contribution in [0.5, 0.6) is 11.5 Å². The lowest BCUT2D eigenvalue weighted by atomic mass is 9.96. The second-order valence-corrected chi connectivity index (χ2v) is 5.02. The van der Waals surface area contributed by atoms with Crippen LogP contribution < -0.4 is 15.2 Å². The highest BCUT2D eigenvalue weighted by Gasteiger charge is 2.25. The third kappa shape index (κ3) is 2.44. The van der Waals surface area contributed by atoms with Gasteiger partial charge in [-0.05, 0) is 25.0 Å². The molecule has 6 heteroatoms. The molecule has 1 aromatic carbocycles. The lowest BCUT2D eigenvalue weighted by Crippen LogP contribution is -2.14. The van der Waals surface area contributed by atoms with Crippen molar-refractivity contribution in [3.8, 4) is 11.5 Å². The Bertz CT molecular complexity index is 489. The van der Waals surface area contributed by atoms with Crippen molar-refractivity contribution in [2.75, 3.05) is 6.79 Å². The topological polar surface area (TPSA) is 81.8 Å². The first-order valence-corrected chi connectivity index (χ1v) is 6.36. The number of nitrogens with two attached hydrogens (primary N) is 1. The van der Waals surface area contributed by atoms with Crippen LogP contribution >= 0.6 is 15.9 Å². The highest BCUT2D eigenvalue weighted by molar-refractivity contribution is 9.10. The first kappa shape index (κ1) is 13.2. The van der Waals surface area contributed by atoms with Gasteiger partial charge in [0, 0.05) is 22.5 Å². The van der Waals surface area contributed by atoms with E-state index in [0.717, 1.165) is 15.6 Å². The summed E-state index contributed by atoms with van der Waals surface area (Å²) in [6, 6.07) is 1.46. The van der Waals surface area contributed by atoms with Gasteiger partial charge in [0.1, 0.15) is 0 Å². The van der Waals surface area contributed by atoms with Gasteiger partial charge in [0.05, 0.1) is 0 Å². The first-order chi connectivity index (χ1) is 8.50. The number of carboxylic acid groups (broad SMARTS) is 1. The van der Waals surface area contributed by atoms with Crippen LogP contribution in [0, 0.1) is 6.92 Å². The number of hydrogen-bond donors (Lipinski definition) is 2. The molecule has 0 radical (unpaired) electrons. The Hall–Kier alpha value is -1.27. The number of halogens is 1. The van der Waals surface area contributed by atoms with Crippen molar-refractivity contribution in [1.29, 1.82) is 0 Å². The zero-order valence-corrected chi connectivity index (χ0v) is 11.5. The predicted molar refractivity (Wildman–Crippen MR) is 68.8 cm³/mol. The van der Waals surface area contributed by atoms with E-state index in [0.29, 0.717) is 17.9 Å². The fraction of sp³-hybridized carbons (Fsp3) is 0.417. The van der Waals surface area contributed by atoms with E-state index in [4.69, 9.17) is 20.3 Å². The molecule has 1 aliphatic heterocycles. The summed E-state index contributed by atoms with van der Waals surface area (Å²) in [6.07, 6.45) is 0.394. The van der Waals surface area contributed by atoms with Crippen LogP contribution in [0.2, 0.25) is 0 Å². The van der Waals surface area contributed by atoms with E-state index in [2.05, 4.69) is 15.9 Å². The van der Waals surface area contributed by atoms with Crippen LogP contribution in [0.15, 0.2) is 10.5 Å². The van der Waals surface area contributed by atoms with Gasteiger partial charge in [-0.25, -0.2) is 0 Å². The number of fused-ring (bicyclic) bond motifs is 1. The van der Waals surface area contributed by atoms with Gasteiger partial charge in [0.25, 0.3) is 0 Å². The van der Waals surface area contributed by atoms with E-state index in [9.17, 15) is 4.79 Å². The summed E-state index contributed by atoms with van der Waals surface area (Å²) in [7, 11) is 0. The summed E-state index contributed by atoms with van der Waals surface area (Å²) in [5.41, 5.74) is 7.84. The molecule has 0 amide bonds. The van der Waals surface area contributed by atoms with Crippen molar-refractivity contribution >= 4 is 21.9 Å².